The maximum atomic E-state index is 4.82. The van der Waals surface area contributed by atoms with Crippen molar-refractivity contribution in [1.29, 1.82) is 0 Å². The molecule has 3 rings (SSSR count). The van der Waals surface area contributed by atoms with Crippen LogP contribution in [0.4, 0.5) is 5.95 Å². The van der Waals surface area contributed by atoms with Gasteiger partial charge in [-0.05, 0) is 30.7 Å². The first-order chi connectivity index (χ1) is 9.36. The molecule has 1 unspecified atom stereocenters. The normalized spacial score (nSPS) is 23.2. The van der Waals surface area contributed by atoms with Crippen LogP contribution in [-0.2, 0) is 12.8 Å². The second-order valence-electron chi connectivity index (χ2n) is 5.78. The molecule has 0 radical (unpaired) electrons. The molecule has 4 heteroatoms. The van der Waals surface area contributed by atoms with E-state index >= 15 is 0 Å². The Hall–Kier alpha value is -1.16. The van der Waals surface area contributed by atoms with Gasteiger partial charge in [0.15, 0.2) is 0 Å². The summed E-state index contributed by atoms with van der Waals surface area (Å²) in [5, 5.41) is 3.37. The van der Waals surface area contributed by atoms with Crippen molar-refractivity contribution in [3.05, 3.63) is 17.5 Å². The molecule has 104 valence electrons. The summed E-state index contributed by atoms with van der Waals surface area (Å²) in [7, 11) is 0. The maximum absolute atomic E-state index is 4.82. The fourth-order valence-electron chi connectivity index (χ4n) is 3.24. The Kier molecular flexibility index (Phi) is 3.97. The van der Waals surface area contributed by atoms with Gasteiger partial charge in [-0.15, -0.1) is 0 Å². The second kappa shape index (κ2) is 5.87. The van der Waals surface area contributed by atoms with Crippen LogP contribution in [0.25, 0.3) is 0 Å². The Morgan fingerprint density at radius 1 is 1.37 bits per heavy atom. The van der Waals surface area contributed by atoms with Gasteiger partial charge < -0.3 is 10.2 Å². The van der Waals surface area contributed by atoms with Crippen LogP contribution in [-0.4, -0.2) is 36.1 Å². The standard InChI is InChI=1S/C15H24N4/c1-2-3-12-4-5-14-13(10-12)11-17-15(18-14)19-8-6-16-7-9-19/h11-12,16H,2-10H2,1H3. The number of hydrogen-bond acceptors (Lipinski definition) is 4. The predicted molar refractivity (Wildman–Crippen MR) is 77.5 cm³/mol. The maximum Gasteiger partial charge on any atom is 0.225 e. The summed E-state index contributed by atoms with van der Waals surface area (Å²) in [6.45, 7) is 6.41. The number of fused-ring (bicyclic) bond motifs is 1. The monoisotopic (exact) mass is 260 g/mol. The van der Waals surface area contributed by atoms with E-state index in [0.717, 1.165) is 44.5 Å². The van der Waals surface area contributed by atoms with Crippen LogP contribution in [0.2, 0.25) is 0 Å². The van der Waals surface area contributed by atoms with Crippen molar-refractivity contribution in [2.75, 3.05) is 31.1 Å². The predicted octanol–water partition coefficient (Wildman–Crippen LogP) is 1.79. The van der Waals surface area contributed by atoms with Crippen LogP contribution in [0.5, 0.6) is 0 Å². The van der Waals surface area contributed by atoms with Crippen LogP contribution in [0.1, 0.15) is 37.4 Å². The molecule has 1 aliphatic carbocycles. The highest BCUT2D eigenvalue weighted by atomic mass is 15.3. The molecule has 0 bridgehead atoms. The van der Waals surface area contributed by atoms with E-state index < -0.39 is 0 Å². The zero-order valence-electron chi connectivity index (χ0n) is 11.9. The minimum absolute atomic E-state index is 0.853. The SMILES string of the molecule is CCCC1CCc2nc(N3CCNCC3)ncc2C1. The Bertz CT molecular complexity index is 426. The van der Waals surface area contributed by atoms with Gasteiger partial charge in [0.05, 0.1) is 0 Å². The lowest BCUT2D eigenvalue weighted by Gasteiger charge is -2.29. The molecule has 1 fully saturated rings. The fraction of sp³-hybridized carbons (Fsp3) is 0.733. The van der Waals surface area contributed by atoms with Gasteiger partial charge in [-0.1, -0.05) is 19.8 Å². The van der Waals surface area contributed by atoms with Crippen LogP contribution in [0.15, 0.2) is 6.20 Å². The van der Waals surface area contributed by atoms with Crippen molar-refractivity contribution in [3.8, 4) is 0 Å². The number of nitrogens with zero attached hydrogens (tertiary/aromatic N) is 3. The summed E-state index contributed by atoms with van der Waals surface area (Å²) >= 11 is 0. The minimum atomic E-state index is 0.853. The number of anilines is 1. The molecule has 0 spiro atoms. The number of rotatable bonds is 3. The number of hydrogen-bond donors (Lipinski definition) is 1. The Labute approximate surface area is 115 Å². The highest BCUT2D eigenvalue weighted by Gasteiger charge is 2.21. The first-order valence-corrected chi connectivity index (χ1v) is 7.67. The summed E-state index contributed by atoms with van der Waals surface area (Å²) in [6.07, 6.45) is 8.35. The van der Waals surface area contributed by atoms with Gasteiger partial charge >= 0.3 is 0 Å². The molecule has 0 saturated carbocycles. The number of aryl methyl sites for hydroxylation is 1. The lowest BCUT2D eigenvalue weighted by molar-refractivity contribution is 0.417. The average molecular weight is 260 g/mol. The van der Waals surface area contributed by atoms with E-state index in [4.69, 9.17) is 4.98 Å². The van der Waals surface area contributed by atoms with Crippen molar-refractivity contribution >= 4 is 5.95 Å². The summed E-state index contributed by atoms with van der Waals surface area (Å²) < 4.78 is 0. The minimum Gasteiger partial charge on any atom is -0.338 e. The molecule has 1 aliphatic heterocycles. The number of nitrogens with one attached hydrogen (secondary N) is 1. The molecule has 1 atom stereocenters. The van der Waals surface area contributed by atoms with Crippen LogP contribution < -0.4 is 10.2 Å². The van der Waals surface area contributed by atoms with Gasteiger partial charge in [-0.3, -0.25) is 0 Å². The van der Waals surface area contributed by atoms with Crippen molar-refractivity contribution in [3.63, 3.8) is 0 Å². The fourth-order valence-corrected chi connectivity index (χ4v) is 3.24. The van der Waals surface area contributed by atoms with Gasteiger partial charge in [0.2, 0.25) is 5.95 Å². The van der Waals surface area contributed by atoms with E-state index in [1.54, 1.807) is 0 Å². The van der Waals surface area contributed by atoms with Gasteiger partial charge in [-0.25, -0.2) is 9.97 Å². The molecule has 2 heterocycles. The molecular formula is C15H24N4. The van der Waals surface area contributed by atoms with Gasteiger partial charge in [0, 0.05) is 38.1 Å². The third-order valence-corrected chi connectivity index (χ3v) is 4.34. The Morgan fingerprint density at radius 2 is 2.21 bits per heavy atom. The zero-order valence-corrected chi connectivity index (χ0v) is 11.9. The van der Waals surface area contributed by atoms with E-state index in [1.165, 1.54) is 36.9 Å². The van der Waals surface area contributed by atoms with E-state index in [-0.39, 0.29) is 0 Å². The molecule has 19 heavy (non-hydrogen) atoms. The zero-order chi connectivity index (χ0) is 13.1. The number of aromatic nitrogens is 2. The first kappa shape index (κ1) is 12.9. The van der Waals surface area contributed by atoms with Crippen molar-refractivity contribution in [2.45, 2.75) is 39.0 Å². The quantitative estimate of drug-likeness (QED) is 0.899. The summed E-state index contributed by atoms with van der Waals surface area (Å²) in [6, 6.07) is 0. The third kappa shape index (κ3) is 2.89. The topological polar surface area (TPSA) is 41.1 Å². The highest BCUT2D eigenvalue weighted by Crippen LogP contribution is 2.27. The highest BCUT2D eigenvalue weighted by molar-refractivity contribution is 5.35. The third-order valence-electron chi connectivity index (χ3n) is 4.34. The second-order valence-corrected chi connectivity index (χ2v) is 5.78. The lowest BCUT2D eigenvalue weighted by Crippen LogP contribution is -2.44. The molecule has 0 aromatic carbocycles. The summed E-state index contributed by atoms with van der Waals surface area (Å²) in [5.74, 6) is 1.79. The summed E-state index contributed by atoms with van der Waals surface area (Å²) in [5.41, 5.74) is 2.69. The molecule has 1 aromatic rings. The van der Waals surface area contributed by atoms with Crippen molar-refractivity contribution in [2.24, 2.45) is 5.92 Å². The summed E-state index contributed by atoms with van der Waals surface area (Å²) in [4.78, 5) is 11.7. The average Bonchev–Trinajstić information content (AvgIpc) is 2.48. The van der Waals surface area contributed by atoms with E-state index in [2.05, 4.69) is 28.3 Å². The molecule has 1 N–H and O–H groups in total. The van der Waals surface area contributed by atoms with E-state index in [9.17, 15) is 0 Å². The van der Waals surface area contributed by atoms with Crippen LogP contribution in [0, 0.1) is 5.92 Å². The molecule has 4 nitrogen and oxygen atoms in total. The lowest BCUT2D eigenvalue weighted by atomic mass is 9.85. The molecule has 1 aromatic heterocycles. The molecule has 1 saturated heterocycles. The van der Waals surface area contributed by atoms with E-state index in [1.807, 2.05) is 0 Å². The molecular weight excluding hydrogens is 236 g/mol. The Balaban J connectivity index is 1.73. The molecule has 0 amide bonds. The van der Waals surface area contributed by atoms with Crippen LogP contribution >= 0.6 is 0 Å². The first-order valence-electron chi connectivity index (χ1n) is 7.67. The Morgan fingerprint density at radius 3 is 3.00 bits per heavy atom. The largest absolute Gasteiger partial charge is 0.338 e. The van der Waals surface area contributed by atoms with Gasteiger partial charge in [0.25, 0.3) is 0 Å². The number of piperazine rings is 1. The van der Waals surface area contributed by atoms with E-state index in [0.29, 0.717) is 0 Å². The van der Waals surface area contributed by atoms with Crippen molar-refractivity contribution < 1.29 is 0 Å². The smallest absolute Gasteiger partial charge is 0.225 e. The molecule has 2 aliphatic rings. The van der Waals surface area contributed by atoms with Gasteiger partial charge in [-0.2, -0.15) is 0 Å². The van der Waals surface area contributed by atoms with Crippen molar-refractivity contribution in [1.82, 2.24) is 15.3 Å². The van der Waals surface area contributed by atoms with Crippen LogP contribution in [0.3, 0.4) is 0 Å². The van der Waals surface area contributed by atoms with Gasteiger partial charge in [0.1, 0.15) is 0 Å².